The molecule has 0 aliphatic heterocycles. The van der Waals surface area contributed by atoms with Crippen molar-refractivity contribution in [3.63, 3.8) is 0 Å². The third-order valence-corrected chi connectivity index (χ3v) is 2.74. The Kier molecular flexibility index (Phi) is 4.97. The quantitative estimate of drug-likeness (QED) is 0.561. The van der Waals surface area contributed by atoms with E-state index in [0.29, 0.717) is 23.4 Å². The fourth-order valence-corrected chi connectivity index (χ4v) is 1.65. The second-order valence-electron chi connectivity index (χ2n) is 4.03. The Labute approximate surface area is 122 Å². The highest BCUT2D eigenvalue weighted by atomic mass is 35.5. The largest absolute Gasteiger partial charge is 0.494 e. The van der Waals surface area contributed by atoms with E-state index in [2.05, 4.69) is 27.6 Å². The van der Waals surface area contributed by atoms with Crippen molar-refractivity contribution in [3.8, 4) is 5.75 Å². The molecule has 0 atom stereocenters. The number of nitrogen functional groups attached to an aromatic ring is 1. The maximum absolute atomic E-state index is 6.02. The molecule has 0 fully saturated rings. The molecular formula is C13H16ClN5O. The average molecular weight is 294 g/mol. The van der Waals surface area contributed by atoms with Gasteiger partial charge in [-0.3, -0.25) is 5.43 Å². The van der Waals surface area contributed by atoms with E-state index in [4.69, 9.17) is 22.2 Å². The van der Waals surface area contributed by atoms with Crippen molar-refractivity contribution in [3.05, 3.63) is 35.5 Å². The lowest BCUT2D eigenvalue weighted by atomic mass is 10.3. The van der Waals surface area contributed by atoms with Crippen molar-refractivity contribution in [2.45, 2.75) is 13.3 Å². The molecule has 6 nitrogen and oxygen atoms in total. The molecule has 0 saturated carbocycles. The summed E-state index contributed by atoms with van der Waals surface area (Å²) < 4.78 is 5.51. The Morgan fingerprint density at radius 1 is 1.30 bits per heavy atom. The topological polar surface area (TPSA) is 85.1 Å². The third-order valence-electron chi connectivity index (χ3n) is 2.46. The first-order valence-corrected chi connectivity index (χ1v) is 6.59. The molecule has 20 heavy (non-hydrogen) atoms. The Bertz CT molecular complexity index is 561. The first-order valence-electron chi connectivity index (χ1n) is 6.22. The molecule has 0 aliphatic rings. The number of halogens is 1. The summed E-state index contributed by atoms with van der Waals surface area (Å²) in [7, 11) is 0. The van der Waals surface area contributed by atoms with Crippen molar-refractivity contribution in [1.82, 2.24) is 9.97 Å². The van der Waals surface area contributed by atoms with Gasteiger partial charge in [-0.05, 0) is 30.7 Å². The Morgan fingerprint density at radius 3 is 2.70 bits per heavy atom. The number of rotatable bonds is 6. The molecule has 0 radical (unpaired) electrons. The molecule has 4 N–H and O–H groups in total. The van der Waals surface area contributed by atoms with Crippen LogP contribution in [0.25, 0.3) is 0 Å². The molecule has 0 amide bonds. The lowest BCUT2D eigenvalue weighted by Gasteiger charge is -2.09. The smallest absolute Gasteiger partial charge is 0.239 e. The number of aromatic nitrogens is 2. The van der Waals surface area contributed by atoms with Crippen LogP contribution in [0.2, 0.25) is 5.02 Å². The number of ether oxygens (including phenoxy) is 1. The van der Waals surface area contributed by atoms with Crippen LogP contribution >= 0.6 is 11.6 Å². The van der Waals surface area contributed by atoms with Crippen LogP contribution in [0.4, 0.5) is 17.5 Å². The van der Waals surface area contributed by atoms with Crippen LogP contribution in [-0.4, -0.2) is 16.6 Å². The highest BCUT2D eigenvalue weighted by Gasteiger charge is 2.05. The van der Waals surface area contributed by atoms with E-state index >= 15 is 0 Å². The fourth-order valence-electron chi connectivity index (χ4n) is 1.52. The summed E-state index contributed by atoms with van der Waals surface area (Å²) in [6, 6.07) is 7.54. The van der Waals surface area contributed by atoms with Gasteiger partial charge in [0.05, 0.1) is 12.8 Å². The summed E-state index contributed by atoms with van der Waals surface area (Å²) in [5.74, 6) is 6.87. The Hall–Kier alpha value is -2.05. The Balaban J connectivity index is 2.09. The number of nitrogens with one attached hydrogen (secondary N) is 2. The van der Waals surface area contributed by atoms with Gasteiger partial charge in [0.2, 0.25) is 5.95 Å². The fraction of sp³-hybridized carbons (Fsp3) is 0.231. The average Bonchev–Trinajstić information content (AvgIpc) is 2.49. The number of hydrazine groups is 1. The van der Waals surface area contributed by atoms with Crippen molar-refractivity contribution in [2.75, 3.05) is 17.3 Å². The van der Waals surface area contributed by atoms with E-state index in [9.17, 15) is 0 Å². The molecule has 0 spiro atoms. The highest BCUT2D eigenvalue weighted by Crippen LogP contribution is 2.24. The first-order chi connectivity index (χ1) is 9.72. The maximum atomic E-state index is 6.02. The molecular weight excluding hydrogens is 278 g/mol. The maximum Gasteiger partial charge on any atom is 0.239 e. The summed E-state index contributed by atoms with van der Waals surface area (Å²) in [5, 5.41) is 3.51. The van der Waals surface area contributed by atoms with Gasteiger partial charge in [-0.25, -0.2) is 10.8 Å². The minimum absolute atomic E-state index is 0.291. The van der Waals surface area contributed by atoms with E-state index < -0.39 is 0 Å². The van der Waals surface area contributed by atoms with Gasteiger partial charge in [0.25, 0.3) is 0 Å². The van der Waals surface area contributed by atoms with Crippen LogP contribution in [0, 0.1) is 0 Å². The number of anilines is 3. The third kappa shape index (κ3) is 3.72. The zero-order valence-electron chi connectivity index (χ0n) is 11.1. The van der Waals surface area contributed by atoms with Crippen LogP contribution in [0.5, 0.6) is 5.75 Å². The normalized spacial score (nSPS) is 10.2. The molecule has 0 aliphatic carbocycles. The van der Waals surface area contributed by atoms with Gasteiger partial charge in [0, 0.05) is 5.69 Å². The molecule has 1 aromatic heterocycles. The van der Waals surface area contributed by atoms with Gasteiger partial charge in [0.1, 0.15) is 10.8 Å². The summed E-state index contributed by atoms with van der Waals surface area (Å²) in [6.45, 7) is 2.77. The van der Waals surface area contributed by atoms with E-state index in [1.165, 1.54) is 6.20 Å². The molecule has 2 rings (SSSR count). The van der Waals surface area contributed by atoms with Crippen molar-refractivity contribution in [2.24, 2.45) is 5.84 Å². The predicted octanol–water partition coefficient (Wildman–Crippen LogP) is 2.95. The molecule has 0 bridgehead atoms. The van der Waals surface area contributed by atoms with Gasteiger partial charge in [-0.15, -0.1) is 0 Å². The van der Waals surface area contributed by atoms with Crippen LogP contribution in [0.3, 0.4) is 0 Å². The minimum Gasteiger partial charge on any atom is -0.494 e. The standard InChI is InChI=1S/C13H16ClN5O/c1-2-7-20-10-5-3-9(4-6-10)17-12-11(14)8-16-13(18-12)19-15/h3-6,8H,2,7,15H2,1H3,(H2,16,17,18,19). The van der Waals surface area contributed by atoms with E-state index in [1.807, 2.05) is 24.3 Å². The molecule has 1 heterocycles. The number of nitrogens with zero attached hydrogens (tertiary/aromatic N) is 2. The van der Waals surface area contributed by atoms with E-state index in [1.54, 1.807) is 0 Å². The van der Waals surface area contributed by atoms with Crippen molar-refractivity contribution < 1.29 is 4.74 Å². The summed E-state index contributed by atoms with van der Waals surface area (Å²) in [6.07, 6.45) is 2.45. The number of hydrogen-bond donors (Lipinski definition) is 3. The highest BCUT2D eigenvalue weighted by molar-refractivity contribution is 6.32. The molecule has 7 heteroatoms. The molecule has 1 aromatic carbocycles. The van der Waals surface area contributed by atoms with E-state index in [-0.39, 0.29) is 0 Å². The SMILES string of the molecule is CCCOc1ccc(Nc2nc(NN)ncc2Cl)cc1. The molecule has 2 aromatic rings. The van der Waals surface area contributed by atoms with Crippen LogP contribution in [0.15, 0.2) is 30.5 Å². The van der Waals surface area contributed by atoms with Gasteiger partial charge in [-0.1, -0.05) is 18.5 Å². The number of hydrogen-bond acceptors (Lipinski definition) is 6. The molecule has 0 unspecified atom stereocenters. The monoisotopic (exact) mass is 293 g/mol. The molecule has 106 valence electrons. The Morgan fingerprint density at radius 2 is 2.05 bits per heavy atom. The van der Waals surface area contributed by atoms with Crippen LogP contribution in [0.1, 0.15) is 13.3 Å². The van der Waals surface area contributed by atoms with Crippen molar-refractivity contribution >= 4 is 29.1 Å². The summed E-state index contributed by atoms with van der Waals surface area (Å²) in [4.78, 5) is 8.04. The summed E-state index contributed by atoms with van der Waals surface area (Å²) in [5.41, 5.74) is 3.22. The zero-order chi connectivity index (χ0) is 14.4. The first kappa shape index (κ1) is 14.4. The lowest BCUT2D eigenvalue weighted by Crippen LogP contribution is -2.11. The minimum atomic E-state index is 0.291. The van der Waals surface area contributed by atoms with Crippen LogP contribution < -0.4 is 21.3 Å². The van der Waals surface area contributed by atoms with Gasteiger partial charge < -0.3 is 10.1 Å². The summed E-state index contributed by atoms with van der Waals surface area (Å²) >= 11 is 6.02. The lowest BCUT2D eigenvalue weighted by molar-refractivity contribution is 0.317. The predicted molar refractivity (Wildman–Crippen MR) is 80.4 cm³/mol. The number of nitrogens with two attached hydrogens (primary N) is 1. The van der Waals surface area contributed by atoms with Crippen LogP contribution in [-0.2, 0) is 0 Å². The van der Waals surface area contributed by atoms with Gasteiger partial charge >= 0.3 is 0 Å². The second-order valence-corrected chi connectivity index (χ2v) is 4.44. The zero-order valence-corrected chi connectivity index (χ0v) is 11.8. The van der Waals surface area contributed by atoms with Gasteiger partial charge in [-0.2, -0.15) is 4.98 Å². The van der Waals surface area contributed by atoms with E-state index in [0.717, 1.165) is 17.9 Å². The van der Waals surface area contributed by atoms with Crippen molar-refractivity contribution in [1.29, 1.82) is 0 Å². The second kappa shape index (κ2) is 6.93. The van der Waals surface area contributed by atoms with Gasteiger partial charge in [0.15, 0.2) is 5.82 Å². The number of benzene rings is 1. The molecule has 0 saturated heterocycles.